The highest BCUT2D eigenvalue weighted by atomic mass is 32.1. The lowest BCUT2D eigenvalue weighted by atomic mass is 9.91. The highest BCUT2D eigenvalue weighted by Crippen LogP contribution is 2.28. The zero-order valence-corrected chi connectivity index (χ0v) is 14.4. The number of piperidine rings is 1. The molecule has 1 atom stereocenters. The van der Waals surface area contributed by atoms with Crippen molar-refractivity contribution >= 4 is 23.1 Å². The van der Waals surface area contributed by atoms with Crippen LogP contribution in [0.3, 0.4) is 0 Å². The molecule has 3 heterocycles. The molecule has 1 saturated heterocycles. The number of pyridine rings is 1. The minimum atomic E-state index is 0.183. The summed E-state index contributed by atoms with van der Waals surface area (Å²) in [5.41, 5.74) is 2.15. The standard InChI is InChI=1S/C17H22N4OS/c1-12-20-15(11-23-12)9-17(22)21-7-3-4-14(10-21)13-5-6-19-16(8-13)18-2/h5-6,8,11,14H,3-4,7,9-10H2,1-2H3,(H,18,19). The third-order valence-electron chi connectivity index (χ3n) is 4.28. The van der Waals surface area contributed by atoms with Gasteiger partial charge in [0, 0.05) is 37.6 Å². The molecule has 1 aliphatic heterocycles. The second-order valence-corrected chi connectivity index (χ2v) is 7.00. The highest BCUT2D eigenvalue weighted by Gasteiger charge is 2.25. The number of carbonyl (C=O) groups excluding carboxylic acids is 1. The monoisotopic (exact) mass is 330 g/mol. The van der Waals surface area contributed by atoms with Crippen molar-refractivity contribution in [2.45, 2.75) is 32.1 Å². The zero-order valence-electron chi connectivity index (χ0n) is 13.6. The third kappa shape index (κ3) is 3.88. The molecule has 6 heteroatoms. The van der Waals surface area contributed by atoms with Crippen LogP contribution in [0.5, 0.6) is 0 Å². The fraction of sp³-hybridized carbons (Fsp3) is 0.471. The van der Waals surface area contributed by atoms with E-state index in [-0.39, 0.29) is 5.91 Å². The van der Waals surface area contributed by atoms with Crippen LogP contribution in [0.4, 0.5) is 5.82 Å². The van der Waals surface area contributed by atoms with Gasteiger partial charge in [0.2, 0.25) is 5.91 Å². The number of amides is 1. The van der Waals surface area contributed by atoms with E-state index >= 15 is 0 Å². The number of thiazole rings is 1. The van der Waals surface area contributed by atoms with Gasteiger partial charge in [-0.1, -0.05) is 0 Å². The lowest BCUT2D eigenvalue weighted by Crippen LogP contribution is -2.40. The van der Waals surface area contributed by atoms with Crippen LogP contribution in [0.25, 0.3) is 0 Å². The van der Waals surface area contributed by atoms with Gasteiger partial charge in [0.1, 0.15) is 5.82 Å². The molecule has 2 aromatic heterocycles. The van der Waals surface area contributed by atoms with Gasteiger partial charge in [-0.25, -0.2) is 9.97 Å². The van der Waals surface area contributed by atoms with Crippen LogP contribution in [-0.2, 0) is 11.2 Å². The van der Waals surface area contributed by atoms with E-state index in [4.69, 9.17) is 0 Å². The number of nitrogens with zero attached hydrogens (tertiary/aromatic N) is 3. The molecule has 0 radical (unpaired) electrons. The second kappa shape index (κ2) is 7.08. The van der Waals surface area contributed by atoms with Crippen molar-refractivity contribution in [3.8, 4) is 0 Å². The summed E-state index contributed by atoms with van der Waals surface area (Å²) in [5, 5.41) is 6.07. The van der Waals surface area contributed by atoms with E-state index in [1.165, 1.54) is 5.56 Å². The average Bonchev–Trinajstić information content (AvgIpc) is 3.00. The van der Waals surface area contributed by atoms with Gasteiger partial charge in [-0.15, -0.1) is 11.3 Å². The van der Waals surface area contributed by atoms with Gasteiger partial charge >= 0.3 is 0 Å². The molecule has 122 valence electrons. The van der Waals surface area contributed by atoms with E-state index in [1.54, 1.807) is 11.3 Å². The number of hydrogen-bond acceptors (Lipinski definition) is 5. The second-order valence-electron chi connectivity index (χ2n) is 5.94. The van der Waals surface area contributed by atoms with Crippen LogP contribution >= 0.6 is 11.3 Å². The molecule has 1 unspecified atom stereocenters. The summed E-state index contributed by atoms with van der Waals surface area (Å²) >= 11 is 1.60. The van der Waals surface area contributed by atoms with E-state index < -0.39 is 0 Å². The Balaban J connectivity index is 1.66. The van der Waals surface area contributed by atoms with Gasteiger partial charge in [0.05, 0.1) is 17.1 Å². The van der Waals surface area contributed by atoms with Crippen LogP contribution in [0.2, 0.25) is 0 Å². The Kier molecular flexibility index (Phi) is 4.91. The number of aromatic nitrogens is 2. The maximum absolute atomic E-state index is 12.5. The highest BCUT2D eigenvalue weighted by molar-refractivity contribution is 7.09. The van der Waals surface area contributed by atoms with Gasteiger partial charge in [-0.2, -0.15) is 0 Å². The van der Waals surface area contributed by atoms with Gasteiger partial charge in [0.15, 0.2) is 0 Å². The molecule has 0 bridgehead atoms. The van der Waals surface area contributed by atoms with Gasteiger partial charge in [-0.05, 0) is 37.5 Å². The molecule has 5 nitrogen and oxygen atoms in total. The fourth-order valence-electron chi connectivity index (χ4n) is 3.07. The molecule has 1 aliphatic rings. The summed E-state index contributed by atoms with van der Waals surface area (Å²) in [6.45, 7) is 3.61. The van der Waals surface area contributed by atoms with Gasteiger partial charge in [-0.3, -0.25) is 4.79 Å². The first-order chi connectivity index (χ1) is 11.2. The zero-order chi connectivity index (χ0) is 16.2. The molecule has 23 heavy (non-hydrogen) atoms. The summed E-state index contributed by atoms with van der Waals surface area (Å²) in [5.74, 6) is 1.45. The molecule has 2 aromatic rings. The molecule has 1 N–H and O–H groups in total. The van der Waals surface area contributed by atoms with Crippen molar-refractivity contribution in [1.29, 1.82) is 0 Å². The van der Waals surface area contributed by atoms with Crippen molar-refractivity contribution in [2.75, 3.05) is 25.5 Å². The average molecular weight is 330 g/mol. The Morgan fingerprint density at radius 1 is 1.52 bits per heavy atom. The molecule has 0 saturated carbocycles. The van der Waals surface area contributed by atoms with E-state index in [2.05, 4.69) is 27.4 Å². The van der Waals surface area contributed by atoms with E-state index in [0.29, 0.717) is 12.3 Å². The number of anilines is 1. The largest absolute Gasteiger partial charge is 0.373 e. The first-order valence-electron chi connectivity index (χ1n) is 7.98. The van der Waals surface area contributed by atoms with Crippen molar-refractivity contribution in [2.24, 2.45) is 0 Å². The number of rotatable bonds is 4. The lowest BCUT2D eigenvalue weighted by molar-refractivity contribution is -0.131. The summed E-state index contributed by atoms with van der Waals surface area (Å²) in [6.07, 6.45) is 4.41. The Morgan fingerprint density at radius 3 is 3.13 bits per heavy atom. The van der Waals surface area contributed by atoms with Crippen LogP contribution in [0, 0.1) is 6.92 Å². The van der Waals surface area contributed by atoms with Crippen molar-refractivity contribution in [1.82, 2.24) is 14.9 Å². The molecule has 0 aliphatic carbocycles. The Hall–Kier alpha value is -1.95. The Labute approximate surface area is 140 Å². The topological polar surface area (TPSA) is 58.1 Å². The van der Waals surface area contributed by atoms with Crippen molar-refractivity contribution < 1.29 is 4.79 Å². The molecule has 0 aromatic carbocycles. The number of hydrogen-bond donors (Lipinski definition) is 1. The van der Waals surface area contributed by atoms with Crippen molar-refractivity contribution in [3.05, 3.63) is 40.0 Å². The van der Waals surface area contributed by atoms with Crippen LogP contribution in [-0.4, -0.2) is 40.9 Å². The molecule has 3 rings (SSSR count). The predicted octanol–water partition coefficient (Wildman–Crippen LogP) is 2.84. The van der Waals surface area contributed by atoms with Crippen LogP contribution in [0.1, 0.15) is 35.0 Å². The summed E-state index contributed by atoms with van der Waals surface area (Å²) in [7, 11) is 1.87. The molecular formula is C17H22N4OS. The van der Waals surface area contributed by atoms with Gasteiger partial charge < -0.3 is 10.2 Å². The molecular weight excluding hydrogens is 308 g/mol. The van der Waals surface area contributed by atoms with Crippen molar-refractivity contribution in [3.63, 3.8) is 0 Å². The number of nitrogens with one attached hydrogen (secondary N) is 1. The smallest absolute Gasteiger partial charge is 0.228 e. The van der Waals surface area contributed by atoms with Gasteiger partial charge in [0.25, 0.3) is 0 Å². The number of carbonyl (C=O) groups is 1. The SMILES string of the molecule is CNc1cc(C2CCCN(C(=O)Cc3csc(C)n3)C2)ccn1. The van der Waals surface area contributed by atoms with E-state index in [9.17, 15) is 4.79 Å². The minimum absolute atomic E-state index is 0.183. The fourth-order valence-corrected chi connectivity index (χ4v) is 3.68. The van der Waals surface area contributed by atoms with E-state index in [0.717, 1.165) is 42.5 Å². The summed E-state index contributed by atoms with van der Waals surface area (Å²) in [4.78, 5) is 23.2. The van der Waals surface area contributed by atoms with E-state index in [1.807, 2.05) is 30.4 Å². The maximum Gasteiger partial charge on any atom is 0.228 e. The first kappa shape index (κ1) is 15.9. The maximum atomic E-state index is 12.5. The summed E-state index contributed by atoms with van der Waals surface area (Å²) < 4.78 is 0. The molecule has 0 spiro atoms. The normalized spacial score (nSPS) is 18.0. The number of likely N-dealkylation sites (tertiary alicyclic amines) is 1. The quantitative estimate of drug-likeness (QED) is 0.936. The number of aryl methyl sites for hydroxylation is 1. The molecule has 1 amide bonds. The predicted molar refractivity (Wildman–Crippen MR) is 92.9 cm³/mol. The Bertz CT molecular complexity index is 685. The molecule has 1 fully saturated rings. The van der Waals surface area contributed by atoms with Crippen LogP contribution < -0.4 is 5.32 Å². The van der Waals surface area contributed by atoms with Crippen LogP contribution in [0.15, 0.2) is 23.7 Å². The first-order valence-corrected chi connectivity index (χ1v) is 8.86. The summed E-state index contributed by atoms with van der Waals surface area (Å²) in [6, 6.07) is 4.14. The Morgan fingerprint density at radius 2 is 2.39 bits per heavy atom. The lowest BCUT2D eigenvalue weighted by Gasteiger charge is -2.33. The third-order valence-corrected chi connectivity index (χ3v) is 5.11. The minimum Gasteiger partial charge on any atom is -0.373 e.